The zero-order chi connectivity index (χ0) is 14.4. The van der Waals surface area contributed by atoms with E-state index in [-0.39, 0.29) is 27.6 Å². The number of carbonyl (C=O) groups excluding carboxylic acids is 1. The fourth-order valence-electron chi connectivity index (χ4n) is 1.66. The predicted octanol–water partition coefficient (Wildman–Crippen LogP) is 4.40. The van der Waals surface area contributed by atoms with Gasteiger partial charge in [-0.25, -0.2) is 0 Å². The van der Waals surface area contributed by atoms with Crippen molar-refractivity contribution in [2.45, 2.75) is 21.8 Å². The van der Waals surface area contributed by atoms with Crippen LogP contribution in [0, 0.1) is 11.3 Å². The first-order valence-electron chi connectivity index (χ1n) is 6.06. The summed E-state index contributed by atoms with van der Waals surface area (Å²) in [6.07, 6.45) is 0. The molecule has 0 N–H and O–H groups in total. The molecule has 0 heterocycles. The maximum absolute atomic E-state index is 10.6. The number of hydrogen-bond donors (Lipinski definition) is 0. The van der Waals surface area contributed by atoms with Crippen LogP contribution in [0.15, 0.2) is 48.5 Å². The molecule has 0 aliphatic heterocycles. The first-order chi connectivity index (χ1) is 9.69. The van der Waals surface area contributed by atoms with E-state index in [4.69, 9.17) is 14.7 Å². The van der Waals surface area contributed by atoms with E-state index in [0.717, 1.165) is 11.1 Å². The number of rotatable bonds is 4. The maximum Gasteiger partial charge on any atom is 0.305 e. The van der Waals surface area contributed by atoms with Crippen molar-refractivity contribution >= 4 is 5.97 Å². The summed E-state index contributed by atoms with van der Waals surface area (Å²) in [5.74, 6) is 0.253. The SMILES string of the molecule is C.C.CC(=O)OCOc1ccc(-c2ccc(C#N)cc2)cc1. The monoisotopic (exact) mass is 299 g/mol. The van der Waals surface area contributed by atoms with Crippen molar-refractivity contribution in [3.63, 3.8) is 0 Å². The third-order valence-electron chi connectivity index (χ3n) is 2.69. The molecule has 4 heteroatoms. The van der Waals surface area contributed by atoms with Gasteiger partial charge in [-0.15, -0.1) is 0 Å². The maximum atomic E-state index is 10.6. The van der Waals surface area contributed by atoms with Gasteiger partial charge in [0.05, 0.1) is 11.6 Å². The van der Waals surface area contributed by atoms with Crippen molar-refractivity contribution < 1.29 is 14.3 Å². The van der Waals surface area contributed by atoms with Crippen LogP contribution in [0.4, 0.5) is 0 Å². The first-order valence-corrected chi connectivity index (χ1v) is 6.06. The van der Waals surface area contributed by atoms with Gasteiger partial charge < -0.3 is 9.47 Å². The minimum atomic E-state index is -0.376. The molecule has 0 radical (unpaired) electrons. The van der Waals surface area contributed by atoms with Crippen molar-refractivity contribution in [1.82, 2.24) is 0 Å². The molecule has 0 bridgehead atoms. The lowest BCUT2D eigenvalue weighted by molar-refractivity contribution is -0.147. The van der Waals surface area contributed by atoms with Gasteiger partial charge in [-0.1, -0.05) is 39.1 Å². The Balaban J connectivity index is 0.00000220. The summed E-state index contributed by atoms with van der Waals surface area (Å²) in [6, 6.07) is 16.9. The minimum absolute atomic E-state index is 0. The average Bonchev–Trinajstić information content (AvgIpc) is 2.48. The van der Waals surface area contributed by atoms with Crippen LogP contribution in [-0.2, 0) is 9.53 Å². The zero-order valence-electron chi connectivity index (χ0n) is 11.0. The lowest BCUT2D eigenvalue weighted by Gasteiger charge is -2.07. The lowest BCUT2D eigenvalue weighted by Crippen LogP contribution is -2.06. The second-order valence-electron chi connectivity index (χ2n) is 4.11. The number of nitrogens with zero attached hydrogens (tertiary/aromatic N) is 1. The van der Waals surface area contributed by atoms with Gasteiger partial charge in [-0.3, -0.25) is 4.79 Å². The molecule has 2 rings (SSSR count). The van der Waals surface area contributed by atoms with E-state index in [9.17, 15) is 4.79 Å². The second-order valence-corrected chi connectivity index (χ2v) is 4.11. The third-order valence-corrected chi connectivity index (χ3v) is 2.69. The average molecular weight is 299 g/mol. The fourth-order valence-corrected chi connectivity index (χ4v) is 1.66. The van der Waals surface area contributed by atoms with Gasteiger partial charge in [0, 0.05) is 6.92 Å². The quantitative estimate of drug-likeness (QED) is 0.620. The molecule has 0 amide bonds. The highest BCUT2D eigenvalue weighted by Crippen LogP contribution is 2.22. The Hall–Kier alpha value is -2.80. The van der Waals surface area contributed by atoms with Gasteiger partial charge in [0.1, 0.15) is 5.75 Å². The molecule has 22 heavy (non-hydrogen) atoms. The van der Waals surface area contributed by atoms with E-state index < -0.39 is 0 Å². The topological polar surface area (TPSA) is 59.3 Å². The normalized spacial score (nSPS) is 8.73. The van der Waals surface area contributed by atoms with Gasteiger partial charge in [-0.2, -0.15) is 5.26 Å². The summed E-state index contributed by atoms with van der Waals surface area (Å²) in [4.78, 5) is 10.6. The van der Waals surface area contributed by atoms with Crippen LogP contribution in [0.3, 0.4) is 0 Å². The van der Waals surface area contributed by atoms with E-state index in [1.54, 1.807) is 24.3 Å². The molecular weight excluding hydrogens is 278 g/mol. The molecule has 116 valence electrons. The number of hydrogen-bond acceptors (Lipinski definition) is 4. The van der Waals surface area contributed by atoms with E-state index in [1.807, 2.05) is 24.3 Å². The highest BCUT2D eigenvalue weighted by Gasteiger charge is 2.00. The van der Waals surface area contributed by atoms with E-state index in [2.05, 4.69) is 6.07 Å². The highest BCUT2D eigenvalue weighted by molar-refractivity contribution is 5.66. The van der Waals surface area contributed by atoms with Gasteiger partial charge in [-0.05, 0) is 35.4 Å². The van der Waals surface area contributed by atoms with Gasteiger partial charge in [0.2, 0.25) is 6.79 Å². The summed E-state index contributed by atoms with van der Waals surface area (Å²) in [5, 5.41) is 8.75. The molecule has 4 nitrogen and oxygen atoms in total. The summed E-state index contributed by atoms with van der Waals surface area (Å²) < 4.78 is 9.95. The Bertz CT molecular complexity index is 625. The van der Waals surface area contributed by atoms with Gasteiger partial charge >= 0.3 is 5.97 Å². The van der Waals surface area contributed by atoms with Crippen molar-refractivity contribution in [2.24, 2.45) is 0 Å². The molecular formula is C18H21NO3. The molecule has 0 saturated heterocycles. The van der Waals surface area contributed by atoms with Crippen LogP contribution in [-0.4, -0.2) is 12.8 Å². The fraction of sp³-hybridized carbons (Fsp3) is 0.222. The Morgan fingerprint density at radius 3 is 1.95 bits per heavy atom. The predicted molar refractivity (Wildman–Crippen MR) is 87.3 cm³/mol. The number of esters is 1. The van der Waals surface area contributed by atoms with E-state index in [1.165, 1.54) is 6.92 Å². The lowest BCUT2D eigenvalue weighted by atomic mass is 10.0. The molecule has 0 aromatic heterocycles. The van der Waals surface area contributed by atoms with Crippen molar-refractivity contribution in [3.8, 4) is 22.9 Å². The van der Waals surface area contributed by atoms with Crippen molar-refractivity contribution in [2.75, 3.05) is 6.79 Å². The number of carbonyl (C=O) groups is 1. The smallest absolute Gasteiger partial charge is 0.305 e. The summed E-state index contributed by atoms with van der Waals surface area (Å²) in [7, 11) is 0. The van der Waals surface area contributed by atoms with Crippen LogP contribution in [0.25, 0.3) is 11.1 Å². The Morgan fingerprint density at radius 2 is 1.50 bits per heavy atom. The molecule has 0 aliphatic rings. The van der Waals surface area contributed by atoms with E-state index >= 15 is 0 Å². The third kappa shape index (κ3) is 5.29. The minimum Gasteiger partial charge on any atom is -0.457 e. The Labute approximate surface area is 131 Å². The Kier molecular flexibility index (Phi) is 8.02. The molecule has 0 fully saturated rings. The van der Waals surface area contributed by atoms with Crippen LogP contribution in [0.1, 0.15) is 27.3 Å². The molecule has 0 saturated carbocycles. The Morgan fingerprint density at radius 1 is 1.00 bits per heavy atom. The van der Waals surface area contributed by atoms with Crippen molar-refractivity contribution in [1.29, 1.82) is 5.26 Å². The van der Waals surface area contributed by atoms with Gasteiger partial charge in [0.15, 0.2) is 0 Å². The van der Waals surface area contributed by atoms with E-state index in [0.29, 0.717) is 11.3 Å². The van der Waals surface area contributed by atoms with Gasteiger partial charge in [0.25, 0.3) is 0 Å². The molecule has 0 unspecified atom stereocenters. The second kappa shape index (κ2) is 9.19. The van der Waals surface area contributed by atoms with Crippen LogP contribution in [0.2, 0.25) is 0 Å². The largest absolute Gasteiger partial charge is 0.457 e. The molecule has 0 atom stereocenters. The van der Waals surface area contributed by atoms with Crippen LogP contribution < -0.4 is 4.74 Å². The number of ether oxygens (including phenoxy) is 2. The summed E-state index contributed by atoms with van der Waals surface area (Å²) in [5.41, 5.74) is 2.68. The van der Waals surface area contributed by atoms with Crippen LogP contribution in [0.5, 0.6) is 5.75 Å². The first kappa shape index (κ1) is 19.2. The number of benzene rings is 2. The zero-order valence-corrected chi connectivity index (χ0v) is 11.0. The molecule has 2 aromatic carbocycles. The standard InChI is InChI=1S/C16H13NO3.2CH4/c1-12(18)19-11-20-16-8-6-15(7-9-16)14-4-2-13(10-17)3-5-14;;/h2-9H,11H2,1H3;2*1H4. The summed E-state index contributed by atoms with van der Waals surface area (Å²) >= 11 is 0. The number of nitriles is 1. The molecule has 2 aromatic rings. The highest BCUT2D eigenvalue weighted by atomic mass is 16.7. The van der Waals surface area contributed by atoms with Crippen molar-refractivity contribution in [3.05, 3.63) is 54.1 Å². The summed E-state index contributed by atoms with van der Waals surface area (Å²) in [6.45, 7) is 1.24. The molecule has 0 spiro atoms. The van der Waals surface area contributed by atoms with Crippen LogP contribution >= 0.6 is 0 Å². The molecule has 0 aliphatic carbocycles.